The zero-order chi connectivity index (χ0) is 22.5. The monoisotopic (exact) mass is 421 g/mol. The van der Waals surface area contributed by atoms with Gasteiger partial charge in [0.15, 0.2) is 0 Å². The lowest BCUT2D eigenvalue weighted by atomic mass is 10.1. The molecule has 0 saturated carbocycles. The molecule has 1 aliphatic heterocycles. The highest BCUT2D eigenvalue weighted by atomic mass is 16.8. The minimum absolute atomic E-state index is 0.136. The predicted octanol–water partition coefficient (Wildman–Crippen LogP) is 1.09. The number of esters is 1. The molecule has 1 atom stereocenters. The third-order valence-corrected chi connectivity index (χ3v) is 3.84. The number of ether oxygens (including phenoxy) is 2. The standard InChI is InChI=1S/C19H23N3O8/c1-19(2,3)29-18(27)20-13(17(26)28-4)9-10-14(23)21-30-22-15(24)11-7-5-6-8-12(11)16(22)25/h5-8,13H,9-10H2,1-4H3,(H,20,27)(H,21,23)/t13-/m0/s1. The van der Waals surface area contributed by atoms with Crippen LogP contribution in [0.5, 0.6) is 0 Å². The van der Waals surface area contributed by atoms with Crippen LogP contribution in [0.4, 0.5) is 4.79 Å². The Hall–Kier alpha value is -3.47. The van der Waals surface area contributed by atoms with Gasteiger partial charge in [-0.25, -0.2) is 15.1 Å². The maximum atomic E-state index is 12.2. The summed E-state index contributed by atoms with van der Waals surface area (Å²) in [5, 5.41) is 2.76. The minimum atomic E-state index is -1.14. The first-order chi connectivity index (χ1) is 14.0. The highest BCUT2D eigenvalue weighted by Crippen LogP contribution is 2.22. The van der Waals surface area contributed by atoms with E-state index in [4.69, 9.17) is 9.68 Å². The fourth-order valence-corrected chi connectivity index (χ4v) is 2.51. The number of rotatable bonds is 7. The summed E-state index contributed by atoms with van der Waals surface area (Å²) in [5.74, 6) is -2.92. The maximum absolute atomic E-state index is 12.2. The van der Waals surface area contributed by atoms with Gasteiger partial charge >= 0.3 is 12.1 Å². The fourth-order valence-electron chi connectivity index (χ4n) is 2.51. The van der Waals surface area contributed by atoms with Crippen LogP contribution in [0.3, 0.4) is 0 Å². The van der Waals surface area contributed by atoms with E-state index in [0.29, 0.717) is 5.06 Å². The first-order valence-corrected chi connectivity index (χ1v) is 9.04. The molecule has 1 aromatic rings. The molecule has 2 N–H and O–H groups in total. The largest absolute Gasteiger partial charge is 0.467 e. The molecule has 0 aliphatic carbocycles. The van der Waals surface area contributed by atoms with Crippen molar-refractivity contribution in [3.63, 3.8) is 0 Å². The van der Waals surface area contributed by atoms with Gasteiger partial charge in [-0.05, 0) is 39.3 Å². The fraction of sp³-hybridized carbons (Fsp3) is 0.421. The Morgan fingerprint density at radius 3 is 2.13 bits per heavy atom. The first kappa shape index (κ1) is 22.8. The Morgan fingerprint density at radius 2 is 1.63 bits per heavy atom. The molecule has 2 rings (SSSR count). The zero-order valence-electron chi connectivity index (χ0n) is 17.0. The molecular weight excluding hydrogens is 398 g/mol. The normalized spacial score (nSPS) is 14.1. The van der Waals surface area contributed by atoms with E-state index in [1.165, 1.54) is 12.1 Å². The average molecular weight is 421 g/mol. The molecule has 11 heteroatoms. The predicted molar refractivity (Wildman–Crippen MR) is 101 cm³/mol. The highest BCUT2D eigenvalue weighted by Gasteiger charge is 2.37. The van der Waals surface area contributed by atoms with Crippen LogP contribution in [0.1, 0.15) is 54.3 Å². The second-order valence-electron chi connectivity index (χ2n) is 7.33. The maximum Gasteiger partial charge on any atom is 0.408 e. The van der Waals surface area contributed by atoms with E-state index in [1.54, 1.807) is 32.9 Å². The summed E-state index contributed by atoms with van der Waals surface area (Å²) in [5.41, 5.74) is 1.51. The molecule has 0 fully saturated rings. The van der Waals surface area contributed by atoms with Crippen LogP contribution in [0, 0.1) is 0 Å². The SMILES string of the molecule is COC(=O)[C@H](CCC(=O)NON1C(=O)c2ccccc2C1=O)NC(=O)OC(C)(C)C. The van der Waals surface area contributed by atoms with E-state index < -0.39 is 41.4 Å². The van der Waals surface area contributed by atoms with Gasteiger partial charge in [0, 0.05) is 6.42 Å². The number of nitrogens with zero attached hydrogens (tertiary/aromatic N) is 1. The number of methoxy groups -OCH3 is 1. The van der Waals surface area contributed by atoms with Gasteiger partial charge in [-0.15, -0.1) is 10.0 Å². The average Bonchev–Trinajstić information content (AvgIpc) is 2.92. The molecule has 4 amide bonds. The third kappa shape index (κ3) is 5.77. The van der Waals surface area contributed by atoms with E-state index in [1.807, 2.05) is 5.48 Å². The second-order valence-corrected chi connectivity index (χ2v) is 7.33. The van der Waals surface area contributed by atoms with E-state index >= 15 is 0 Å². The Labute approximate surface area is 172 Å². The van der Waals surface area contributed by atoms with Crippen molar-refractivity contribution in [3.05, 3.63) is 35.4 Å². The summed E-state index contributed by atoms with van der Waals surface area (Å²) in [6.07, 6.45) is -1.26. The lowest BCUT2D eigenvalue weighted by Gasteiger charge is -2.22. The summed E-state index contributed by atoms with van der Waals surface area (Å²) in [6.45, 7) is 4.97. The summed E-state index contributed by atoms with van der Waals surface area (Å²) in [4.78, 5) is 64.9. The molecule has 162 valence electrons. The minimum Gasteiger partial charge on any atom is -0.467 e. The van der Waals surface area contributed by atoms with Crippen LogP contribution in [-0.2, 0) is 24.0 Å². The van der Waals surface area contributed by atoms with Crippen molar-refractivity contribution >= 4 is 29.8 Å². The Kier molecular flexibility index (Phi) is 7.11. The van der Waals surface area contributed by atoms with Crippen molar-refractivity contribution in [2.45, 2.75) is 45.3 Å². The molecule has 0 radical (unpaired) electrons. The molecule has 1 aromatic carbocycles. The summed E-state index contributed by atoms with van der Waals surface area (Å²) >= 11 is 0. The van der Waals surface area contributed by atoms with Crippen molar-refractivity contribution in [1.82, 2.24) is 15.9 Å². The molecule has 1 aliphatic rings. The Bertz CT molecular complexity index is 827. The Morgan fingerprint density at radius 1 is 1.07 bits per heavy atom. The number of amides is 4. The van der Waals surface area contributed by atoms with Crippen LogP contribution in [0.25, 0.3) is 0 Å². The van der Waals surface area contributed by atoms with Gasteiger partial charge in [-0.1, -0.05) is 12.1 Å². The van der Waals surface area contributed by atoms with E-state index in [0.717, 1.165) is 7.11 Å². The number of carbonyl (C=O) groups excluding carboxylic acids is 5. The van der Waals surface area contributed by atoms with Crippen LogP contribution >= 0.6 is 0 Å². The van der Waals surface area contributed by atoms with Gasteiger partial charge in [-0.2, -0.15) is 0 Å². The number of imide groups is 1. The highest BCUT2D eigenvalue weighted by molar-refractivity contribution is 6.20. The molecule has 30 heavy (non-hydrogen) atoms. The second kappa shape index (κ2) is 9.35. The van der Waals surface area contributed by atoms with Crippen molar-refractivity contribution in [2.24, 2.45) is 0 Å². The molecule has 11 nitrogen and oxygen atoms in total. The molecule has 0 aromatic heterocycles. The molecular formula is C19H23N3O8. The van der Waals surface area contributed by atoms with Gasteiger partial charge in [0.2, 0.25) is 5.91 Å². The lowest BCUT2D eigenvalue weighted by molar-refractivity contribution is -0.167. The zero-order valence-corrected chi connectivity index (χ0v) is 17.0. The topological polar surface area (TPSA) is 140 Å². The number of carbonyl (C=O) groups is 5. The molecule has 0 unspecified atom stereocenters. The van der Waals surface area contributed by atoms with Crippen molar-refractivity contribution in [3.8, 4) is 0 Å². The molecule has 1 heterocycles. The van der Waals surface area contributed by atoms with Crippen LogP contribution in [0.2, 0.25) is 0 Å². The smallest absolute Gasteiger partial charge is 0.408 e. The number of hydrogen-bond donors (Lipinski definition) is 2. The van der Waals surface area contributed by atoms with Gasteiger partial charge in [0.05, 0.1) is 18.2 Å². The van der Waals surface area contributed by atoms with Gasteiger partial charge in [0.1, 0.15) is 11.6 Å². The first-order valence-electron chi connectivity index (χ1n) is 9.04. The lowest BCUT2D eigenvalue weighted by Crippen LogP contribution is -2.45. The van der Waals surface area contributed by atoms with E-state index in [2.05, 4.69) is 10.1 Å². The van der Waals surface area contributed by atoms with Crippen LogP contribution in [0.15, 0.2) is 24.3 Å². The summed E-state index contributed by atoms with van der Waals surface area (Å²) < 4.78 is 9.69. The number of alkyl carbamates (subject to hydrolysis) is 1. The number of hydroxylamine groups is 3. The number of nitrogens with one attached hydrogen (secondary N) is 2. The quantitative estimate of drug-likeness (QED) is 0.379. The number of fused-ring (bicyclic) bond motifs is 1. The van der Waals surface area contributed by atoms with E-state index in [-0.39, 0.29) is 24.0 Å². The molecule has 0 bridgehead atoms. The van der Waals surface area contributed by atoms with Gasteiger partial charge in [-0.3, -0.25) is 14.4 Å². The molecule has 0 spiro atoms. The van der Waals surface area contributed by atoms with E-state index in [9.17, 15) is 24.0 Å². The summed E-state index contributed by atoms with van der Waals surface area (Å²) in [7, 11) is 1.14. The number of hydrogen-bond acceptors (Lipinski definition) is 8. The van der Waals surface area contributed by atoms with Crippen molar-refractivity contribution in [2.75, 3.05) is 7.11 Å². The van der Waals surface area contributed by atoms with Crippen molar-refractivity contribution in [1.29, 1.82) is 0 Å². The Balaban J connectivity index is 1.87. The van der Waals surface area contributed by atoms with Crippen LogP contribution in [-0.4, -0.2) is 53.6 Å². The van der Waals surface area contributed by atoms with Gasteiger partial charge < -0.3 is 14.8 Å². The number of benzene rings is 1. The van der Waals surface area contributed by atoms with Crippen molar-refractivity contribution < 1.29 is 38.4 Å². The summed E-state index contributed by atoms with van der Waals surface area (Å²) in [6, 6.07) is 4.97. The molecule has 0 saturated heterocycles. The van der Waals surface area contributed by atoms with Crippen LogP contribution < -0.4 is 10.8 Å². The van der Waals surface area contributed by atoms with Gasteiger partial charge in [0.25, 0.3) is 11.8 Å². The third-order valence-electron chi connectivity index (χ3n) is 3.84.